The first kappa shape index (κ1) is 10.0. The molecule has 2 heterocycles. The number of rotatable bonds is 3. The minimum absolute atomic E-state index is 0.293. The van der Waals surface area contributed by atoms with Gasteiger partial charge in [0, 0.05) is 7.05 Å². The van der Waals surface area contributed by atoms with E-state index in [1.807, 2.05) is 6.07 Å². The topological polar surface area (TPSA) is 92.3 Å². The summed E-state index contributed by atoms with van der Waals surface area (Å²) in [4.78, 5) is 11.9. The van der Waals surface area contributed by atoms with E-state index < -0.39 is 0 Å². The van der Waals surface area contributed by atoms with Crippen molar-refractivity contribution in [2.75, 3.05) is 5.32 Å². The highest BCUT2D eigenvalue weighted by Gasteiger charge is 2.00. The van der Waals surface area contributed by atoms with Crippen molar-refractivity contribution in [3.63, 3.8) is 0 Å². The predicted molar refractivity (Wildman–Crippen MR) is 55.1 cm³/mol. The molecule has 0 fully saturated rings. The van der Waals surface area contributed by atoms with Crippen LogP contribution in [0.4, 0.5) is 5.82 Å². The van der Waals surface area contributed by atoms with Crippen molar-refractivity contribution in [1.82, 2.24) is 24.7 Å². The molecule has 7 nitrogen and oxygen atoms in total. The average molecular weight is 215 g/mol. The molecule has 0 bridgehead atoms. The van der Waals surface area contributed by atoms with Gasteiger partial charge in [0.25, 0.3) is 0 Å². The standard InChI is InChI=1S/C9H9N7/c1-16-6-14-9(15-16)5-13-8-4-11-7(2-10)3-12-8/h3-4,6H,5H2,1H3,(H,12,13). The zero-order chi connectivity index (χ0) is 11.4. The van der Waals surface area contributed by atoms with Crippen LogP contribution in [-0.4, -0.2) is 24.7 Å². The maximum Gasteiger partial charge on any atom is 0.169 e. The minimum atomic E-state index is 0.293. The summed E-state index contributed by atoms with van der Waals surface area (Å²) in [6, 6.07) is 1.90. The number of hydrogen-bond donors (Lipinski definition) is 1. The fourth-order valence-electron chi connectivity index (χ4n) is 1.11. The van der Waals surface area contributed by atoms with Crippen molar-refractivity contribution in [3.8, 4) is 6.07 Å². The van der Waals surface area contributed by atoms with Gasteiger partial charge in [-0.25, -0.2) is 15.0 Å². The Kier molecular flexibility index (Phi) is 2.73. The van der Waals surface area contributed by atoms with E-state index in [1.165, 1.54) is 12.4 Å². The van der Waals surface area contributed by atoms with Crippen LogP contribution in [0.25, 0.3) is 0 Å². The number of hydrogen-bond acceptors (Lipinski definition) is 6. The smallest absolute Gasteiger partial charge is 0.169 e. The molecule has 16 heavy (non-hydrogen) atoms. The van der Waals surface area contributed by atoms with Gasteiger partial charge in [0.2, 0.25) is 0 Å². The summed E-state index contributed by atoms with van der Waals surface area (Å²) < 4.78 is 1.63. The maximum atomic E-state index is 8.54. The predicted octanol–water partition coefficient (Wildman–Crippen LogP) is 0.0889. The normalized spacial score (nSPS) is 9.75. The first-order valence-corrected chi connectivity index (χ1v) is 4.58. The highest BCUT2D eigenvalue weighted by Crippen LogP contribution is 2.01. The molecule has 0 aromatic carbocycles. The molecule has 2 aromatic rings. The number of nitrogens with zero attached hydrogens (tertiary/aromatic N) is 6. The Morgan fingerprint density at radius 3 is 2.81 bits per heavy atom. The van der Waals surface area contributed by atoms with Crippen LogP contribution >= 0.6 is 0 Å². The number of nitriles is 1. The summed E-state index contributed by atoms with van der Waals surface area (Å²) in [6.45, 7) is 0.474. The fourth-order valence-corrected chi connectivity index (χ4v) is 1.11. The number of nitrogens with one attached hydrogen (secondary N) is 1. The molecule has 1 N–H and O–H groups in total. The molecule has 0 atom stereocenters. The third kappa shape index (κ3) is 2.30. The molecule has 2 aromatic heterocycles. The molecule has 0 saturated carbocycles. The molecule has 0 amide bonds. The van der Waals surface area contributed by atoms with E-state index in [4.69, 9.17) is 5.26 Å². The number of aromatic nitrogens is 5. The molecule has 2 rings (SSSR count). The molecule has 7 heteroatoms. The van der Waals surface area contributed by atoms with Gasteiger partial charge >= 0.3 is 0 Å². The van der Waals surface area contributed by atoms with Gasteiger partial charge in [-0.15, -0.1) is 0 Å². The molecular formula is C9H9N7. The van der Waals surface area contributed by atoms with Gasteiger partial charge in [-0.2, -0.15) is 10.4 Å². The molecular weight excluding hydrogens is 206 g/mol. The van der Waals surface area contributed by atoms with Crippen molar-refractivity contribution in [2.45, 2.75) is 6.54 Å². The summed E-state index contributed by atoms with van der Waals surface area (Å²) in [5.41, 5.74) is 0.293. The second-order valence-corrected chi connectivity index (χ2v) is 3.09. The monoisotopic (exact) mass is 215 g/mol. The average Bonchev–Trinajstić information content (AvgIpc) is 2.73. The van der Waals surface area contributed by atoms with Gasteiger partial charge in [0.05, 0.1) is 18.9 Å². The van der Waals surface area contributed by atoms with Gasteiger partial charge in [-0.3, -0.25) is 4.68 Å². The van der Waals surface area contributed by atoms with Gasteiger partial charge < -0.3 is 5.32 Å². The Labute approximate surface area is 91.8 Å². The van der Waals surface area contributed by atoms with Crippen molar-refractivity contribution in [1.29, 1.82) is 5.26 Å². The van der Waals surface area contributed by atoms with Crippen LogP contribution < -0.4 is 5.32 Å². The Morgan fingerprint density at radius 2 is 2.25 bits per heavy atom. The van der Waals surface area contributed by atoms with E-state index in [2.05, 4.69) is 25.4 Å². The Morgan fingerprint density at radius 1 is 1.38 bits per heavy atom. The van der Waals surface area contributed by atoms with Crippen molar-refractivity contribution < 1.29 is 0 Å². The van der Waals surface area contributed by atoms with Gasteiger partial charge in [0.1, 0.15) is 18.2 Å². The highest BCUT2D eigenvalue weighted by atomic mass is 15.3. The largest absolute Gasteiger partial charge is 0.361 e. The van der Waals surface area contributed by atoms with Gasteiger partial charge in [0.15, 0.2) is 11.5 Å². The third-order valence-electron chi connectivity index (χ3n) is 1.84. The summed E-state index contributed by atoms with van der Waals surface area (Å²) in [5.74, 6) is 1.26. The van der Waals surface area contributed by atoms with Gasteiger partial charge in [-0.05, 0) is 0 Å². The zero-order valence-electron chi connectivity index (χ0n) is 8.62. The van der Waals surface area contributed by atoms with Crippen LogP contribution in [0.3, 0.4) is 0 Å². The van der Waals surface area contributed by atoms with E-state index in [9.17, 15) is 0 Å². The molecule has 80 valence electrons. The summed E-state index contributed by atoms with van der Waals surface area (Å²) >= 11 is 0. The zero-order valence-corrected chi connectivity index (χ0v) is 8.62. The molecule has 0 spiro atoms. The van der Waals surface area contributed by atoms with E-state index in [-0.39, 0.29) is 0 Å². The second-order valence-electron chi connectivity index (χ2n) is 3.09. The second kappa shape index (κ2) is 4.35. The van der Waals surface area contributed by atoms with Crippen LogP contribution in [0.5, 0.6) is 0 Å². The lowest BCUT2D eigenvalue weighted by Crippen LogP contribution is -2.04. The molecule has 0 aliphatic heterocycles. The van der Waals surface area contributed by atoms with Crippen LogP contribution in [0.2, 0.25) is 0 Å². The van der Waals surface area contributed by atoms with Crippen LogP contribution in [0, 0.1) is 11.3 Å². The van der Waals surface area contributed by atoms with E-state index in [0.29, 0.717) is 23.9 Å². The highest BCUT2D eigenvalue weighted by molar-refractivity contribution is 5.33. The quantitative estimate of drug-likeness (QED) is 0.779. The lowest BCUT2D eigenvalue weighted by Gasteiger charge is -2.00. The molecule has 0 radical (unpaired) electrons. The minimum Gasteiger partial charge on any atom is -0.361 e. The van der Waals surface area contributed by atoms with Crippen molar-refractivity contribution in [2.24, 2.45) is 7.05 Å². The Balaban J connectivity index is 1.97. The van der Waals surface area contributed by atoms with E-state index in [1.54, 1.807) is 18.1 Å². The first-order valence-electron chi connectivity index (χ1n) is 4.58. The molecule has 0 saturated heterocycles. The molecule has 0 aliphatic carbocycles. The van der Waals surface area contributed by atoms with Crippen molar-refractivity contribution in [3.05, 3.63) is 30.2 Å². The van der Waals surface area contributed by atoms with Crippen LogP contribution in [-0.2, 0) is 13.6 Å². The van der Waals surface area contributed by atoms with Crippen LogP contribution in [0.1, 0.15) is 11.5 Å². The van der Waals surface area contributed by atoms with Gasteiger partial charge in [-0.1, -0.05) is 0 Å². The van der Waals surface area contributed by atoms with E-state index in [0.717, 1.165) is 0 Å². The number of anilines is 1. The Hall–Kier alpha value is -2.49. The lowest BCUT2D eigenvalue weighted by molar-refractivity contribution is 0.747. The van der Waals surface area contributed by atoms with Crippen molar-refractivity contribution >= 4 is 5.82 Å². The summed E-state index contributed by atoms with van der Waals surface area (Å²) in [6.07, 6.45) is 4.54. The first-order chi connectivity index (χ1) is 7.78. The SMILES string of the molecule is Cn1cnc(CNc2cnc(C#N)cn2)n1. The van der Waals surface area contributed by atoms with Crippen LogP contribution in [0.15, 0.2) is 18.7 Å². The third-order valence-corrected chi connectivity index (χ3v) is 1.84. The van der Waals surface area contributed by atoms with E-state index >= 15 is 0 Å². The lowest BCUT2D eigenvalue weighted by atomic mass is 10.5. The maximum absolute atomic E-state index is 8.54. The summed E-state index contributed by atoms with van der Waals surface area (Å²) in [5, 5.41) is 15.6. The fraction of sp³-hybridized carbons (Fsp3) is 0.222. The Bertz CT molecular complexity index is 507. The molecule has 0 unspecified atom stereocenters. The number of aryl methyl sites for hydroxylation is 1. The molecule has 0 aliphatic rings. The summed E-state index contributed by atoms with van der Waals surface area (Å²) in [7, 11) is 1.80.